The quantitative estimate of drug-likeness (QED) is 0.604. The molecule has 0 amide bonds. The van der Waals surface area contributed by atoms with Crippen LogP contribution in [0.25, 0.3) is 10.9 Å². The summed E-state index contributed by atoms with van der Waals surface area (Å²) in [4.78, 5) is 6.48. The van der Waals surface area contributed by atoms with Crippen molar-refractivity contribution in [2.24, 2.45) is 0 Å². The molecule has 0 aliphatic carbocycles. The zero-order chi connectivity index (χ0) is 7.84. The van der Waals surface area contributed by atoms with Crippen LogP contribution in [0, 0.1) is 5.82 Å². The van der Waals surface area contributed by atoms with E-state index in [0.29, 0.717) is 16.1 Å². The summed E-state index contributed by atoms with van der Waals surface area (Å²) in [6, 6.07) is 1.58. The lowest BCUT2D eigenvalue weighted by Gasteiger charge is -1.88. The molecular weight excluding hydrogens is 167 g/mol. The molecule has 0 spiro atoms. The van der Waals surface area contributed by atoms with Crippen LogP contribution < -0.4 is 0 Å². The van der Waals surface area contributed by atoms with E-state index in [1.807, 2.05) is 0 Å². The zero-order valence-electron chi connectivity index (χ0n) is 5.44. The van der Waals surface area contributed by atoms with Gasteiger partial charge >= 0.3 is 0 Å². The van der Waals surface area contributed by atoms with Gasteiger partial charge in [0.15, 0.2) is 0 Å². The fourth-order valence-corrected chi connectivity index (χ4v) is 1.12. The summed E-state index contributed by atoms with van der Waals surface area (Å²) >= 11 is 5.57. The molecule has 0 atom stereocenters. The summed E-state index contributed by atoms with van der Waals surface area (Å²) in [5, 5.41) is 0.828. The number of nitrogens with one attached hydrogen (secondary N) is 1. The SMILES string of the molecule is Fc1c[nH]c2cc(Cl)ncc12. The molecule has 0 aromatic carbocycles. The molecule has 56 valence electrons. The molecule has 2 aromatic heterocycles. The lowest BCUT2D eigenvalue weighted by Crippen LogP contribution is -1.74. The van der Waals surface area contributed by atoms with E-state index in [1.165, 1.54) is 12.4 Å². The first-order chi connectivity index (χ1) is 5.27. The molecule has 0 unspecified atom stereocenters. The van der Waals surface area contributed by atoms with E-state index in [1.54, 1.807) is 6.07 Å². The van der Waals surface area contributed by atoms with E-state index in [0.717, 1.165) is 0 Å². The smallest absolute Gasteiger partial charge is 0.150 e. The first-order valence-electron chi connectivity index (χ1n) is 3.05. The van der Waals surface area contributed by atoms with Crippen LogP contribution in [-0.4, -0.2) is 9.97 Å². The topological polar surface area (TPSA) is 28.7 Å². The van der Waals surface area contributed by atoms with E-state index in [9.17, 15) is 4.39 Å². The van der Waals surface area contributed by atoms with Gasteiger partial charge in [-0.25, -0.2) is 9.37 Å². The summed E-state index contributed by atoms with van der Waals surface area (Å²) in [5.74, 6) is -0.302. The van der Waals surface area contributed by atoms with Crippen LogP contribution in [0.5, 0.6) is 0 Å². The second-order valence-electron chi connectivity index (χ2n) is 2.19. The fraction of sp³-hybridized carbons (Fsp3) is 0. The second kappa shape index (κ2) is 2.20. The van der Waals surface area contributed by atoms with Crippen molar-refractivity contribution >= 4 is 22.5 Å². The van der Waals surface area contributed by atoms with Gasteiger partial charge in [0.25, 0.3) is 0 Å². The van der Waals surface area contributed by atoms with Crippen LogP contribution in [0.15, 0.2) is 18.5 Å². The molecule has 1 N–H and O–H groups in total. The molecule has 0 radical (unpaired) electrons. The van der Waals surface area contributed by atoms with Crippen molar-refractivity contribution in [1.82, 2.24) is 9.97 Å². The number of pyridine rings is 1. The lowest BCUT2D eigenvalue weighted by atomic mass is 10.3. The number of nitrogens with zero attached hydrogens (tertiary/aromatic N) is 1. The third kappa shape index (κ3) is 0.973. The average Bonchev–Trinajstić information content (AvgIpc) is 2.32. The van der Waals surface area contributed by atoms with Crippen molar-refractivity contribution in [3.05, 3.63) is 29.4 Å². The molecule has 0 aliphatic rings. The lowest BCUT2D eigenvalue weighted by molar-refractivity contribution is 0.639. The fourth-order valence-electron chi connectivity index (χ4n) is 0.958. The second-order valence-corrected chi connectivity index (χ2v) is 2.58. The Morgan fingerprint density at radius 2 is 2.36 bits per heavy atom. The molecule has 11 heavy (non-hydrogen) atoms. The first kappa shape index (κ1) is 6.61. The Hall–Kier alpha value is -1.09. The number of hydrogen-bond acceptors (Lipinski definition) is 1. The van der Waals surface area contributed by atoms with Gasteiger partial charge in [-0.3, -0.25) is 0 Å². The monoisotopic (exact) mass is 170 g/mol. The van der Waals surface area contributed by atoms with E-state index in [2.05, 4.69) is 9.97 Å². The molecule has 2 nitrogen and oxygen atoms in total. The van der Waals surface area contributed by atoms with Gasteiger partial charge in [0.1, 0.15) is 11.0 Å². The number of rotatable bonds is 0. The Balaban J connectivity index is 2.86. The van der Waals surface area contributed by atoms with Gasteiger partial charge in [-0.2, -0.15) is 0 Å². The van der Waals surface area contributed by atoms with Crippen LogP contribution in [0.3, 0.4) is 0 Å². The summed E-state index contributed by atoms with van der Waals surface area (Å²) in [5.41, 5.74) is 0.669. The van der Waals surface area contributed by atoms with Crippen LogP contribution >= 0.6 is 11.6 Å². The molecule has 2 aromatic rings. The Kier molecular flexibility index (Phi) is 1.32. The first-order valence-corrected chi connectivity index (χ1v) is 3.43. The highest BCUT2D eigenvalue weighted by molar-refractivity contribution is 6.29. The average molecular weight is 171 g/mol. The minimum atomic E-state index is -0.302. The summed E-state index contributed by atoms with van der Waals surface area (Å²) < 4.78 is 12.8. The third-order valence-corrected chi connectivity index (χ3v) is 1.69. The van der Waals surface area contributed by atoms with Crippen LogP contribution in [0.4, 0.5) is 4.39 Å². The molecule has 0 saturated heterocycles. The van der Waals surface area contributed by atoms with E-state index < -0.39 is 0 Å². The maximum absolute atomic E-state index is 12.8. The van der Waals surface area contributed by atoms with Crippen molar-refractivity contribution < 1.29 is 4.39 Å². The summed E-state index contributed by atoms with van der Waals surface area (Å²) in [6.07, 6.45) is 2.69. The number of halogens is 2. The van der Waals surface area contributed by atoms with E-state index in [-0.39, 0.29) is 5.82 Å². The molecule has 2 heterocycles. The summed E-state index contributed by atoms with van der Waals surface area (Å²) in [6.45, 7) is 0. The van der Waals surface area contributed by atoms with Gasteiger partial charge in [-0.05, 0) is 6.07 Å². The van der Waals surface area contributed by atoms with Crippen molar-refractivity contribution in [2.45, 2.75) is 0 Å². The molecule has 4 heteroatoms. The molecule has 0 saturated carbocycles. The van der Waals surface area contributed by atoms with E-state index in [4.69, 9.17) is 11.6 Å². The van der Waals surface area contributed by atoms with Crippen molar-refractivity contribution in [2.75, 3.05) is 0 Å². The molecular formula is C7H4ClFN2. The Bertz CT molecular complexity index is 396. The standard InChI is InChI=1S/C7H4ClFN2/c8-7-1-6-4(2-11-7)5(9)3-10-6/h1-3,10H. The van der Waals surface area contributed by atoms with Gasteiger partial charge < -0.3 is 4.98 Å². The number of fused-ring (bicyclic) bond motifs is 1. The summed E-state index contributed by atoms with van der Waals surface area (Å²) in [7, 11) is 0. The highest BCUT2D eigenvalue weighted by Gasteiger charge is 2.02. The number of aromatic nitrogens is 2. The van der Waals surface area contributed by atoms with Crippen molar-refractivity contribution in [1.29, 1.82) is 0 Å². The van der Waals surface area contributed by atoms with Crippen molar-refractivity contribution in [3.63, 3.8) is 0 Å². The molecule has 0 aliphatic heterocycles. The van der Waals surface area contributed by atoms with Crippen molar-refractivity contribution in [3.8, 4) is 0 Å². The Morgan fingerprint density at radius 1 is 1.55 bits per heavy atom. The largest absolute Gasteiger partial charge is 0.358 e. The molecule has 0 fully saturated rings. The molecule has 2 rings (SSSR count). The number of hydrogen-bond donors (Lipinski definition) is 1. The van der Waals surface area contributed by atoms with Gasteiger partial charge in [-0.1, -0.05) is 11.6 Å². The Labute approximate surface area is 67.0 Å². The predicted molar refractivity (Wildman–Crippen MR) is 41.1 cm³/mol. The normalized spacial score (nSPS) is 10.7. The van der Waals surface area contributed by atoms with Crippen LogP contribution in [0.2, 0.25) is 5.15 Å². The Morgan fingerprint density at radius 3 is 3.18 bits per heavy atom. The number of H-pyrrole nitrogens is 1. The highest BCUT2D eigenvalue weighted by atomic mass is 35.5. The van der Waals surface area contributed by atoms with Crippen LogP contribution in [-0.2, 0) is 0 Å². The van der Waals surface area contributed by atoms with Gasteiger partial charge in [0.05, 0.1) is 10.9 Å². The van der Waals surface area contributed by atoms with E-state index >= 15 is 0 Å². The minimum absolute atomic E-state index is 0.302. The maximum atomic E-state index is 12.8. The van der Waals surface area contributed by atoms with Crippen LogP contribution in [0.1, 0.15) is 0 Å². The van der Waals surface area contributed by atoms with Gasteiger partial charge in [0, 0.05) is 12.4 Å². The van der Waals surface area contributed by atoms with Gasteiger partial charge in [0.2, 0.25) is 0 Å². The third-order valence-electron chi connectivity index (χ3n) is 1.48. The minimum Gasteiger partial charge on any atom is -0.358 e. The van der Waals surface area contributed by atoms with Gasteiger partial charge in [-0.15, -0.1) is 0 Å². The number of aromatic amines is 1. The zero-order valence-corrected chi connectivity index (χ0v) is 6.19. The predicted octanol–water partition coefficient (Wildman–Crippen LogP) is 2.36. The highest BCUT2D eigenvalue weighted by Crippen LogP contribution is 2.17. The molecule has 0 bridgehead atoms. The maximum Gasteiger partial charge on any atom is 0.150 e.